The van der Waals surface area contributed by atoms with Crippen molar-refractivity contribution in [1.82, 2.24) is 10.6 Å². The van der Waals surface area contributed by atoms with E-state index in [9.17, 15) is 5.11 Å². The van der Waals surface area contributed by atoms with E-state index in [1.165, 1.54) is 5.56 Å². The SMILES string of the molecule is CCNC(=NCC(C)(O)c1cccs1)NCCc1ccc(OC)cc1.I. The molecular formula is C19H28IN3O2S. The third-order valence-electron chi connectivity index (χ3n) is 3.81. The highest BCUT2D eigenvalue weighted by Gasteiger charge is 2.23. The van der Waals surface area contributed by atoms with Gasteiger partial charge >= 0.3 is 0 Å². The minimum atomic E-state index is -0.952. The molecule has 1 atom stereocenters. The van der Waals surface area contributed by atoms with Crippen LogP contribution in [0.3, 0.4) is 0 Å². The van der Waals surface area contributed by atoms with Crippen LogP contribution in [-0.2, 0) is 12.0 Å². The van der Waals surface area contributed by atoms with Gasteiger partial charge in [0.2, 0.25) is 0 Å². The Morgan fingerprint density at radius 2 is 1.96 bits per heavy atom. The van der Waals surface area contributed by atoms with Crippen LogP contribution >= 0.6 is 35.3 Å². The van der Waals surface area contributed by atoms with Crippen LogP contribution in [-0.4, -0.2) is 37.8 Å². The van der Waals surface area contributed by atoms with Crippen molar-refractivity contribution in [1.29, 1.82) is 0 Å². The molecular weight excluding hydrogens is 461 g/mol. The van der Waals surface area contributed by atoms with Gasteiger partial charge in [-0.05, 0) is 49.4 Å². The van der Waals surface area contributed by atoms with Gasteiger partial charge in [-0.2, -0.15) is 0 Å². The standard InChI is InChI=1S/C19H27N3O2S.HI/c1-4-20-18(22-14-19(2,23)17-6-5-13-25-17)21-12-11-15-7-9-16(24-3)10-8-15;/h5-10,13,23H,4,11-12,14H2,1-3H3,(H2,20,21,22);1H. The fraction of sp³-hybridized carbons (Fsp3) is 0.421. The van der Waals surface area contributed by atoms with E-state index in [1.807, 2.05) is 36.6 Å². The summed E-state index contributed by atoms with van der Waals surface area (Å²) in [5.41, 5.74) is 0.279. The fourth-order valence-electron chi connectivity index (χ4n) is 2.36. The first kappa shape index (κ1) is 22.7. The van der Waals surface area contributed by atoms with E-state index in [4.69, 9.17) is 4.74 Å². The molecule has 1 aromatic heterocycles. The summed E-state index contributed by atoms with van der Waals surface area (Å²) in [6, 6.07) is 11.9. The Hall–Kier alpha value is -1.32. The normalized spacial score (nSPS) is 13.5. The lowest BCUT2D eigenvalue weighted by molar-refractivity contribution is 0.0711. The molecule has 7 heteroatoms. The number of nitrogens with zero attached hydrogens (tertiary/aromatic N) is 1. The lowest BCUT2D eigenvalue weighted by Crippen LogP contribution is -2.39. The van der Waals surface area contributed by atoms with Crippen molar-refractivity contribution in [2.75, 3.05) is 26.7 Å². The summed E-state index contributed by atoms with van der Waals surface area (Å²) in [6.45, 7) is 5.67. The van der Waals surface area contributed by atoms with Crippen LogP contribution in [0.25, 0.3) is 0 Å². The summed E-state index contributed by atoms with van der Waals surface area (Å²) in [6.07, 6.45) is 0.885. The number of benzene rings is 1. The molecule has 0 fully saturated rings. The average molecular weight is 489 g/mol. The van der Waals surface area contributed by atoms with Crippen LogP contribution in [0.5, 0.6) is 5.75 Å². The largest absolute Gasteiger partial charge is 0.497 e. The molecule has 0 saturated carbocycles. The van der Waals surface area contributed by atoms with Crippen LogP contribution in [0.1, 0.15) is 24.3 Å². The Morgan fingerprint density at radius 3 is 2.54 bits per heavy atom. The van der Waals surface area contributed by atoms with Crippen molar-refractivity contribution in [2.45, 2.75) is 25.9 Å². The summed E-state index contributed by atoms with van der Waals surface area (Å²) in [5.74, 6) is 1.58. The molecule has 0 spiro atoms. The summed E-state index contributed by atoms with van der Waals surface area (Å²) in [7, 11) is 1.67. The molecule has 5 nitrogen and oxygen atoms in total. The summed E-state index contributed by atoms with van der Waals surface area (Å²) >= 11 is 1.54. The van der Waals surface area contributed by atoms with Gasteiger partial charge in [0, 0.05) is 18.0 Å². The molecule has 1 heterocycles. The van der Waals surface area contributed by atoms with E-state index in [1.54, 1.807) is 25.4 Å². The maximum atomic E-state index is 10.6. The fourth-order valence-corrected chi connectivity index (χ4v) is 3.13. The molecule has 0 aliphatic carbocycles. The zero-order chi connectivity index (χ0) is 18.1. The minimum absolute atomic E-state index is 0. The number of thiophene rings is 1. The Balaban J connectivity index is 0.00000338. The monoisotopic (exact) mass is 489 g/mol. The highest BCUT2D eigenvalue weighted by atomic mass is 127. The number of hydrogen-bond acceptors (Lipinski definition) is 4. The molecule has 0 radical (unpaired) electrons. The number of methoxy groups -OCH3 is 1. The molecule has 144 valence electrons. The van der Waals surface area contributed by atoms with Crippen molar-refractivity contribution >= 4 is 41.3 Å². The molecule has 0 saturated heterocycles. The van der Waals surface area contributed by atoms with Crippen LogP contribution < -0.4 is 15.4 Å². The van der Waals surface area contributed by atoms with Crippen molar-refractivity contribution in [2.24, 2.45) is 4.99 Å². The highest BCUT2D eigenvalue weighted by Crippen LogP contribution is 2.25. The Kier molecular flexibility index (Phi) is 9.97. The lowest BCUT2D eigenvalue weighted by Gasteiger charge is -2.20. The first-order valence-corrected chi connectivity index (χ1v) is 9.34. The second kappa shape index (κ2) is 11.4. The van der Waals surface area contributed by atoms with E-state index in [-0.39, 0.29) is 24.0 Å². The molecule has 0 aliphatic rings. The summed E-state index contributed by atoms with van der Waals surface area (Å²) in [4.78, 5) is 5.45. The van der Waals surface area contributed by atoms with Crippen LogP contribution in [0.2, 0.25) is 0 Å². The van der Waals surface area contributed by atoms with E-state index in [2.05, 4.69) is 27.8 Å². The number of halogens is 1. The van der Waals surface area contributed by atoms with Gasteiger partial charge in [-0.25, -0.2) is 4.99 Å². The predicted molar refractivity (Wildman–Crippen MR) is 120 cm³/mol. The van der Waals surface area contributed by atoms with Gasteiger partial charge in [0.15, 0.2) is 5.96 Å². The summed E-state index contributed by atoms with van der Waals surface area (Å²) < 4.78 is 5.17. The second-order valence-corrected chi connectivity index (χ2v) is 6.92. The van der Waals surface area contributed by atoms with Crippen molar-refractivity contribution in [3.05, 3.63) is 52.2 Å². The maximum absolute atomic E-state index is 10.6. The molecule has 2 aromatic rings. The Bertz CT molecular complexity index is 658. The first-order chi connectivity index (χ1) is 12.0. The topological polar surface area (TPSA) is 65.9 Å². The third kappa shape index (κ3) is 7.13. The summed E-state index contributed by atoms with van der Waals surface area (Å²) in [5, 5.41) is 19.1. The van der Waals surface area contributed by atoms with Crippen molar-refractivity contribution < 1.29 is 9.84 Å². The molecule has 0 aliphatic heterocycles. The van der Waals surface area contributed by atoms with Crippen molar-refractivity contribution in [3.63, 3.8) is 0 Å². The second-order valence-electron chi connectivity index (χ2n) is 5.97. The molecule has 26 heavy (non-hydrogen) atoms. The quantitative estimate of drug-likeness (QED) is 0.302. The van der Waals surface area contributed by atoms with Gasteiger partial charge in [0.05, 0.1) is 13.7 Å². The van der Waals surface area contributed by atoms with E-state index >= 15 is 0 Å². The van der Waals surface area contributed by atoms with E-state index in [0.29, 0.717) is 12.5 Å². The van der Waals surface area contributed by atoms with E-state index < -0.39 is 5.60 Å². The van der Waals surface area contributed by atoms with E-state index in [0.717, 1.165) is 30.1 Å². The number of ether oxygens (including phenoxy) is 1. The zero-order valence-corrected chi connectivity index (χ0v) is 18.6. The number of guanidine groups is 1. The van der Waals surface area contributed by atoms with Gasteiger partial charge in [-0.15, -0.1) is 35.3 Å². The number of aliphatic imine (C=N–C) groups is 1. The van der Waals surface area contributed by atoms with Gasteiger partial charge in [0.1, 0.15) is 11.4 Å². The Labute approximate surface area is 176 Å². The Morgan fingerprint density at radius 1 is 1.23 bits per heavy atom. The maximum Gasteiger partial charge on any atom is 0.191 e. The zero-order valence-electron chi connectivity index (χ0n) is 15.5. The number of hydrogen-bond donors (Lipinski definition) is 3. The van der Waals surface area contributed by atoms with Gasteiger partial charge in [-0.1, -0.05) is 18.2 Å². The lowest BCUT2D eigenvalue weighted by atomic mass is 10.1. The van der Waals surface area contributed by atoms with Gasteiger partial charge < -0.3 is 20.5 Å². The van der Waals surface area contributed by atoms with Crippen LogP contribution in [0, 0.1) is 0 Å². The van der Waals surface area contributed by atoms with Crippen LogP contribution in [0.15, 0.2) is 46.8 Å². The molecule has 1 unspecified atom stereocenters. The number of nitrogens with one attached hydrogen (secondary N) is 2. The van der Waals surface area contributed by atoms with Gasteiger partial charge in [-0.3, -0.25) is 0 Å². The third-order valence-corrected chi connectivity index (χ3v) is 4.93. The predicted octanol–water partition coefficient (Wildman–Crippen LogP) is 3.38. The molecule has 1 aromatic carbocycles. The molecule has 2 rings (SSSR count). The molecule has 0 amide bonds. The molecule has 0 bridgehead atoms. The number of aliphatic hydroxyl groups is 1. The highest BCUT2D eigenvalue weighted by molar-refractivity contribution is 14.0. The number of rotatable bonds is 8. The average Bonchev–Trinajstić information content (AvgIpc) is 3.16. The van der Waals surface area contributed by atoms with Crippen molar-refractivity contribution in [3.8, 4) is 5.75 Å². The minimum Gasteiger partial charge on any atom is -0.497 e. The van der Waals surface area contributed by atoms with Gasteiger partial charge in [0.25, 0.3) is 0 Å². The van der Waals surface area contributed by atoms with Crippen LogP contribution in [0.4, 0.5) is 0 Å². The smallest absolute Gasteiger partial charge is 0.191 e. The first-order valence-electron chi connectivity index (χ1n) is 8.46. The molecule has 3 N–H and O–H groups in total.